The topological polar surface area (TPSA) is 364 Å². The molecule has 0 aromatic rings. The molecule has 5 heterocycles. The number of fused-ring (bicyclic) bond motifs is 4. The Morgan fingerprint density at radius 1 is 0.790 bits per heavy atom. The molecule has 0 aromatic carbocycles. The summed E-state index contributed by atoms with van der Waals surface area (Å²) < 4.78 is 106. The number of aliphatic hydroxyl groups is 8. The molecule has 9 aliphatic rings. The summed E-state index contributed by atoms with van der Waals surface area (Å²) in [6.07, 6.45) is -22.0. The lowest BCUT2D eigenvalue weighted by atomic mass is 9.41. The highest BCUT2D eigenvalue weighted by Crippen LogP contribution is 2.77. The quantitative estimate of drug-likeness (QED) is 0.0422. The number of cyclic esters (lactones) is 1. The van der Waals surface area contributed by atoms with Crippen molar-refractivity contribution >= 4 is 22.3 Å². The van der Waals surface area contributed by atoms with Crippen molar-refractivity contribution < 1.29 is 120 Å². The van der Waals surface area contributed by atoms with E-state index in [0.29, 0.717) is 50.9 Å². The third-order valence-corrected chi connectivity index (χ3v) is 20.9. The van der Waals surface area contributed by atoms with Crippen LogP contribution in [-0.4, -0.2) is 221 Å². The minimum atomic E-state index is -5.41. The average molecular weight is 1180 g/mol. The number of hydrogen-bond acceptors (Lipinski definition) is 25. The molecule has 0 unspecified atom stereocenters. The molecule has 0 radical (unpaired) electrons. The summed E-state index contributed by atoms with van der Waals surface area (Å²) in [6.45, 7) is 16.0. The Kier molecular flexibility index (Phi) is 18.4. The van der Waals surface area contributed by atoms with Crippen LogP contribution < -0.4 is 0 Å². The smallest absolute Gasteiger partial charge is 0.314 e. The third-order valence-electron chi connectivity index (χ3n) is 20.4. The van der Waals surface area contributed by atoms with Gasteiger partial charge in [-0.15, -0.1) is 0 Å². The molecule has 25 nitrogen and oxygen atoms in total. The van der Waals surface area contributed by atoms with Gasteiger partial charge in [-0.3, -0.25) is 13.8 Å². The zero-order valence-electron chi connectivity index (χ0n) is 47.8. The van der Waals surface area contributed by atoms with Gasteiger partial charge in [-0.2, -0.15) is 0 Å². The molecule has 5 saturated heterocycles. The summed E-state index contributed by atoms with van der Waals surface area (Å²) in [4.78, 5) is 27.4. The van der Waals surface area contributed by atoms with Crippen LogP contribution in [0, 0.1) is 45.3 Å². The SMILES string of the molecule is CO[C@@H]1[C@@H](O)[C@H](O[C@@H]2[C@@H](O)[C@H](O[C@H]3[C@H](O)[C@@H](O)[C@H](O[C@H]4[C@H](O[C@H]5CC[C@]6(C)[C@@H]7CC[C@]89C(=O)O[C@@](C)(CCCC(C)C)[C@H]8[C@@H](OC(C)=O)C[C@@]9(C)C7=CC[C@H]6C5(C)C)OC[C@@H](OS(=O)(=O)[O-])[C@@H]4O)O[C@@H]3C)OC[C@H]2O)O[C@H](CO)[C@H]1O. The van der Waals surface area contributed by atoms with Crippen LogP contribution >= 0.6 is 0 Å². The molecule has 1 spiro atoms. The van der Waals surface area contributed by atoms with Gasteiger partial charge in [-0.25, -0.2) is 8.42 Å². The van der Waals surface area contributed by atoms with Gasteiger partial charge in [0.05, 0.1) is 43.4 Å². The van der Waals surface area contributed by atoms with Gasteiger partial charge in [0.1, 0.15) is 91.1 Å². The van der Waals surface area contributed by atoms with Crippen molar-refractivity contribution in [2.75, 3.05) is 26.9 Å². The molecular weight excluding hydrogens is 1090 g/mol. The van der Waals surface area contributed by atoms with Crippen LogP contribution in [0.3, 0.4) is 0 Å². The predicted octanol–water partition coefficient (Wildman–Crippen LogP) is 0.357. The summed E-state index contributed by atoms with van der Waals surface area (Å²) in [5.41, 5.74) is -2.11. The second kappa shape index (κ2) is 23.5. The fourth-order valence-electron chi connectivity index (χ4n) is 16.5. The first-order valence-electron chi connectivity index (χ1n) is 28.7. The molecule has 27 atom stereocenters. The minimum absolute atomic E-state index is 0.0148. The van der Waals surface area contributed by atoms with E-state index in [1.54, 1.807) is 0 Å². The maximum Gasteiger partial charge on any atom is 0.314 e. The van der Waals surface area contributed by atoms with E-state index in [1.807, 2.05) is 6.92 Å². The van der Waals surface area contributed by atoms with Gasteiger partial charge in [0, 0.05) is 19.4 Å². The van der Waals surface area contributed by atoms with Crippen molar-refractivity contribution in [1.29, 1.82) is 0 Å². The Morgan fingerprint density at radius 2 is 1.44 bits per heavy atom. The van der Waals surface area contributed by atoms with E-state index >= 15 is 0 Å². The lowest BCUT2D eigenvalue weighted by Gasteiger charge is -2.64. The number of carbonyl (C=O) groups is 2. The molecule has 464 valence electrons. The van der Waals surface area contributed by atoms with E-state index in [2.05, 4.69) is 47.6 Å². The Balaban J connectivity index is 0.906. The molecule has 0 bridgehead atoms. The standard InChI is InChI=1S/C55H88O25S/c1-24(2)12-11-17-54(9)45-30(73-26(4)57)20-53(8)28-13-14-33-51(5,6)34(16-18-52(33,7)27(28)15-19-55(45,53)50(65)79-54)75-49-44(36(60)32(23-71-49)80-81(66,67)68)78-47-38(62)37(61)41(25(3)72-47)76-46-39(63)42(29(58)22-70-46)77-48-40(64)43(69-10)35(59)31(21-56)74-48/h13,24-25,27,29-49,56,58-64H,11-12,14-23H2,1-10H3,(H,66,67,68)/p-1/t25-,27-,29-,30+,31-,32-,33+,34+,35-,36+,37-,38-,39-,40-,41-,42+,43+,44-,45-,46+,47+,48+,49+,52-,53+,54+,55-/m1/s1. The van der Waals surface area contributed by atoms with Gasteiger partial charge in [-0.1, -0.05) is 59.6 Å². The van der Waals surface area contributed by atoms with E-state index in [1.165, 1.54) is 26.5 Å². The Labute approximate surface area is 473 Å². The zero-order valence-corrected chi connectivity index (χ0v) is 48.7. The first kappa shape index (κ1) is 63.4. The molecule has 0 aromatic heterocycles. The van der Waals surface area contributed by atoms with Crippen molar-refractivity contribution in [2.24, 2.45) is 45.3 Å². The van der Waals surface area contributed by atoms with Crippen molar-refractivity contribution in [3.8, 4) is 0 Å². The number of ether oxygens (including phenoxy) is 11. The Hall–Kier alpha value is -2.13. The first-order valence-corrected chi connectivity index (χ1v) is 30.0. The van der Waals surface area contributed by atoms with E-state index in [0.717, 1.165) is 12.8 Å². The van der Waals surface area contributed by atoms with Crippen molar-refractivity contribution in [3.05, 3.63) is 11.6 Å². The van der Waals surface area contributed by atoms with Crippen LogP contribution in [0.2, 0.25) is 0 Å². The number of methoxy groups -OCH3 is 1. The monoisotopic (exact) mass is 1180 g/mol. The molecule has 3 saturated carbocycles. The summed E-state index contributed by atoms with van der Waals surface area (Å²) in [7, 11) is -4.20. The molecule has 81 heavy (non-hydrogen) atoms. The highest BCUT2D eigenvalue weighted by molar-refractivity contribution is 7.80. The number of aliphatic hydroxyl groups excluding tert-OH is 8. The van der Waals surface area contributed by atoms with Gasteiger partial charge in [0.2, 0.25) is 10.4 Å². The van der Waals surface area contributed by atoms with E-state index in [9.17, 15) is 63.4 Å². The molecule has 26 heteroatoms. The molecule has 5 aliphatic heterocycles. The van der Waals surface area contributed by atoms with Gasteiger partial charge >= 0.3 is 11.9 Å². The number of hydrogen-bond donors (Lipinski definition) is 8. The number of esters is 2. The van der Waals surface area contributed by atoms with Crippen molar-refractivity contribution in [1.82, 2.24) is 0 Å². The minimum Gasteiger partial charge on any atom is -0.726 e. The third kappa shape index (κ3) is 11.2. The molecule has 8 N–H and O–H groups in total. The summed E-state index contributed by atoms with van der Waals surface area (Å²) in [5.74, 6) is -0.435. The summed E-state index contributed by atoms with van der Waals surface area (Å²) >= 11 is 0. The van der Waals surface area contributed by atoms with Crippen LogP contribution in [-0.2, 0) is 76.3 Å². The average Bonchev–Trinajstić information content (AvgIpc) is 1.74. The normalized spacial score (nSPS) is 49.7. The maximum atomic E-state index is 14.7. The lowest BCUT2D eigenvalue weighted by Crippen LogP contribution is -2.65. The van der Waals surface area contributed by atoms with Gasteiger partial charge < -0.3 is 97.5 Å². The molecule has 9 rings (SSSR count). The summed E-state index contributed by atoms with van der Waals surface area (Å²) in [5, 5.41) is 88.3. The van der Waals surface area contributed by atoms with Gasteiger partial charge in [0.15, 0.2) is 25.2 Å². The van der Waals surface area contributed by atoms with E-state index in [-0.39, 0.29) is 29.1 Å². The van der Waals surface area contributed by atoms with Gasteiger partial charge in [0.25, 0.3) is 0 Å². The zero-order chi connectivity index (χ0) is 59.3. The number of allylic oxidation sites excluding steroid dienone is 2. The largest absolute Gasteiger partial charge is 0.726 e. The second-order valence-electron chi connectivity index (χ2n) is 26.0. The number of carbonyl (C=O) groups excluding carboxylic acids is 2. The molecule has 8 fully saturated rings. The summed E-state index contributed by atoms with van der Waals surface area (Å²) in [6, 6.07) is 0. The van der Waals surface area contributed by atoms with Crippen LogP contribution in [0.25, 0.3) is 0 Å². The highest BCUT2D eigenvalue weighted by Gasteiger charge is 2.79. The van der Waals surface area contributed by atoms with Crippen molar-refractivity contribution in [3.63, 3.8) is 0 Å². The molecule has 4 aliphatic carbocycles. The Bertz CT molecular complexity index is 2390. The Morgan fingerprint density at radius 3 is 2.10 bits per heavy atom. The van der Waals surface area contributed by atoms with Crippen LogP contribution in [0.5, 0.6) is 0 Å². The molecular formula is C55H87O25S-. The van der Waals surface area contributed by atoms with Crippen LogP contribution in [0.4, 0.5) is 0 Å². The number of rotatable bonds is 17. The maximum absolute atomic E-state index is 14.7. The van der Waals surface area contributed by atoms with Crippen LogP contribution in [0.1, 0.15) is 120 Å². The molecule has 0 amide bonds. The van der Waals surface area contributed by atoms with E-state index < -0.39 is 181 Å². The van der Waals surface area contributed by atoms with Crippen LogP contribution in [0.15, 0.2) is 11.6 Å². The van der Waals surface area contributed by atoms with Crippen molar-refractivity contribution in [2.45, 2.75) is 249 Å². The fraction of sp³-hybridized carbons (Fsp3) is 0.927. The van der Waals surface area contributed by atoms with E-state index in [4.69, 9.17) is 56.3 Å². The predicted molar refractivity (Wildman–Crippen MR) is 274 cm³/mol. The fourth-order valence-corrected chi connectivity index (χ4v) is 17.0. The highest BCUT2D eigenvalue weighted by atomic mass is 32.3. The first-order chi connectivity index (χ1) is 37.9. The second-order valence-corrected chi connectivity index (χ2v) is 27.1. The lowest BCUT2D eigenvalue weighted by molar-refractivity contribution is -0.382. The van der Waals surface area contributed by atoms with Gasteiger partial charge in [-0.05, 0) is 93.8 Å².